The molecule has 8 nitrogen and oxygen atoms in total. The van der Waals surface area contributed by atoms with Gasteiger partial charge in [-0.1, -0.05) is 18.2 Å². The molecule has 2 rings (SSSR count). The number of carboxylic acids is 1. The van der Waals surface area contributed by atoms with E-state index in [1.165, 1.54) is 25.3 Å². The van der Waals surface area contributed by atoms with Crippen LogP contribution in [0.2, 0.25) is 0 Å². The molecule has 0 bridgehead atoms. The van der Waals surface area contributed by atoms with Crippen molar-refractivity contribution < 1.29 is 29.6 Å². The summed E-state index contributed by atoms with van der Waals surface area (Å²) in [7, 11) is 1.45. The predicted molar refractivity (Wildman–Crippen MR) is 98.9 cm³/mol. The van der Waals surface area contributed by atoms with Crippen LogP contribution in [-0.2, 0) is 4.79 Å². The van der Waals surface area contributed by atoms with Gasteiger partial charge in [-0.3, -0.25) is 14.9 Å². The summed E-state index contributed by atoms with van der Waals surface area (Å²) in [5, 5.41) is 34.3. The molecule has 0 aromatic heterocycles. The van der Waals surface area contributed by atoms with E-state index in [4.69, 9.17) is 9.84 Å². The first-order valence-electron chi connectivity index (χ1n) is 8.33. The number of carbonyl (C=O) groups excluding carboxylic acids is 1. The number of carboxylic acid groups (broad SMARTS) is 1. The molecular formula is C19H22N2O6. The number of benzene rings is 2. The third kappa shape index (κ3) is 5.70. The lowest BCUT2D eigenvalue weighted by Crippen LogP contribution is -2.24. The molecule has 5 N–H and O–H groups in total. The van der Waals surface area contributed by atoms with Crippen LogP contribution in [0.3, 0.4) is 0 Å². The van der Waals surface area contributed by atoms with E-state index in [0.717, 1.165) is 0 Å². The quantitative estimate of drug-likeness (QED) is 0.336. The molecule has 0 fully saturated rings. The van der Waals surface area contributed by atoms with Crippen LogP contribution in [0, 0.1) is 0 Å². The van der Waals surface area contributed by atoms with Crippen molar-refractivity contribution in [1.82, 2.24) is 5.32 Å². The van der Waals surface area contributed by atoms with Crippen molar-refractivity contribution in [1.29, 1.82) is 0 Å². The third-order valence-electron chi connectivity index (χ3n) is 3.86. The van der Waals surface area contributed by atoms with E-state index in [0.29, 0.717) is 30.0 Å². The van der Waals surface area contributed by atoms with Crippen molar-refractivity contribution in [3.05, 3.63) is 53.6 Å². The Morgan fingerprint density at radius 2 is 1.93 bits per heavy atom. The molecule has 1 amide bonds. The number of aromatic hydroxyl groups is 1. The number of aliphatic carboxylic acids is 1. The highest BCUT2D eigenvalue weighted by Crippen LogP contribution is 2.26. The molecule has 2 aromatic carbocycles. The fourth-order valence-corrected chi connectivity index (χ4v) is 2.45. The molecule has 0 spiro atoms. The number of methoxy groups -OCH3 is 1. The topological polar surface area (TPSA) is 128 Å². The number of phenolic OH excluding ortho intramolecular Hbond substituents is 1. The minimum Gasteiger partial charge on any atom is -0.507 e. The highest BCUT2D eigenvalue weighted by molar-refractivity contribution is 6.06. The first-order chi connectivity index (χ1) is 12.9. The Morgan fingerprint density at radius 3 is 2.63 bits per heavy atom. The number of rotatable bonds is 9. The number of carbonyl (C=O) groups is 2. The molecule has 1 atom stereocenters. The monoisotopic (exact) mass is 374 g/mol. The minimum absolute atomic E-state index is 0.00673. The lowest BCUT2D eigenvalue weighted by Gasteiger charge is -2.17. The van der Waals surface area contributed by atoms with E-state index >= 15 is 0 Å². The van der Waals surface area contributed by atoms with Gasteiger partial charge in [-0.25, -0.2) is 0 Å². The van der Waals surface area contributed by atoms with Crippen molar-refractivity contribution in [3.8, 4) is 11.5 Å². The molecule has 0 aliphatic heterocycles. The van der Waals surface area contributed by atoms with Gasteiger partial charge in [0.25, 0.3) is 5.91 Å². The minimum atomic E-state index is -1.09. The Bertz CT molecular complexity index is 809. The highest BCUT2D eigenvalue weighted by atomic mass is 16.5. The molecule has 27 heavy (non-hydrogen) atoms. The van der Waals surface area contributed by atoms with Crippen molar-refractivity contribution >= 4 is 17.6 Å². The summed E-state index contributed by atoms with van der Waals surface area (Å²) in [5.74, 6) is -1.24. The van der Waals surface area contributed by atoms with Gasteiger partial charge in [0.05, 0.1) is 12.7 Å². The lowest BCUT2D eigenvalue weighted by atomic mass is 10.1. The van der Waals surface area contributed by atoms with Gasteiger partial charge in [-0.05, 0) is 37.2 Å². The Morgan fingerprint density at radius 1 is 1.19 bits per heavy atom. The van der Waals surface area contributed by atoms with E-state index < -0.39 is 18.1 Å². The van der Waals surface area contributed by atoms with Gasteiger partial charge >= 0.3 is 5.97 Å². The van der Waals surface area contributed by atoms with E-state index in [1.807, 2.05) is 0 Å². The van der Waals surface area contributed by atoms with Crippen LogP contribution in [0.25, 0.3) is 0 Å². The van der Waals surface area contributed by atoms with Crippen LogP contribution in [0.4, 0.5) is 5.69 Å². The summed E-state index contributed by atoms with van der Waals surface area (Å²) in [6.45, 7) is 0.298. The van der Waals surface area contributed by atoms with Gasteiger partial charge in [0.15, 0.2) is 0 Å². The number of nitrogens with one attached hydrogen (secondary N) is 2. The summed E-state index contributed by atoms with van der Waals surface area (Å²) < 4.78 is 5.06. The second-order valence-electron chi connectivity index (χ2n) is 5.78. The Kier molecular flexibility index (Phi) is 7.16. The number of ether oxygens (including phenoxy) is 1. The normalized spacial score (nSPS) is 11.6. The summed E-state index contributed by atoms with van der Waals surface area (Å²) in [6, 6.07) is 11.0. The molecule has 144 valence electrons. The second-order valence-corrected chi connectivity index (χ2v) is 5.78. The van der Waals surface area contributed by atoms with Crippen LogP contribution in [0.15, 0.2) is 42.5 Å². The third-order valence-corrected chi connectivity index (χ3v) is 3.86. The number of amides is 1. The van der Waals surface area contributed by atoms with Crippen LogP contribution in [-0.4, -0.2) is 40.9 Å². The average molecular weight is 374 g/mol. The zero-order chi connectivity index (χ0) is 19.8. The number of aliphatic hydroxyl groups is 1. The number of phenols is 1. The summed E-state index contributed by atoms with van der Waals surface area (Å²) in [6.07, 6.45) is -0.736. The molecule has 1 unspecified atom stereocenters. The Labute approximate surface area is 156 Å². The number of hydrogen-bond acceptors (Lipinski definition) is 6. The number of hydrogen-bond donors (Lipinski definition) is 5. The van der Waals surface area contributed by atoms with Crippen LogP contribution >= 0.6 is 0 Å². The zero-order valence-electron chi connectivity index (χ0n) is 14.8. The van der Waals surface area contributed by atoms with Gasteiger partial charge in [0, 0.05) is 17.7 Å². The maximum atomic E-state index is 12.5. The second kappa shape index (κ2) is 9.56. The van der Waals surface area contributed by atoms with E-state index in [9.17, 15) is 19.8 Å². The first-order valence-corrected chi connectivity index (χ1v) is 8.33. The van der Waals surface area contributed by atoms with Crippen LogP contribution in [0.1, 0.15) is 35.0 Å². The molecule has 0 aliphatic rings. The van der Waals surface area contributed by atoms with Crippen molar-refractivity contribution in [3.63, 3.8) is 0 Å². The summed E-state index contributed by atoms with van der Waals surface area (Å²) in [5.41, 5.74) is 0.819. The van der Waals surface area contributed by atoms with E-state index in [2.05, 4.69) is 10.6 Å². The smallest absolute Gasteiger partial charge is 0.303 e. The van der Waals surface area contributed by atoms with Crippen molar-refractivity contribution in [2.75, 3.05) is 19.0 Å². The van der Waals surface area contributed by atoms with Gasteiger partial charge in [0.2, 0.25) is 0 Å². The Balaban J connectivity index is 2.11. The molecule has 2 aromatic rings. The fourth-order valence-electron chi connectivity index (χ4n) is 2.45. The van der Waals surface area contributed by atoms with E-state index in [-0.39, 0.29) is 17.7 Å². The number of para-hydroxylation sites is 1. The lowest BCUT2D eigenvalue weighted by molar-refractivity contribution is -0.137. The summed E-state index contributed by atoms with van der Waals surface area (Å²) in [4.78, 5) is 23.0. The molecule has 0 heterocycles. The van der Waals surface area contributed by atoms with Gasteiger partial charge < -0.3 is 25.4 Å². The molecule has 8 heteroatoms. The SMILES string of the molecule is COc1ccc(O)c(C(=O)Nc2ccccc2C(O)NCCCC(=O)O)c1. The van der Waals surface area contributed by atoms with Crippen molar-refractivity contribution in [2.24, 2.45) is 0 Å². The van der Waals surface area contributed by atoms with Crippen molar-refractivity contribution in [2.45, 2.75) is 19.1 Å². The van der Waals surface area contributed by atoms with Gasteiger partial charge in [-0.2, -0.15) is 0 Å². The maximum Gasteiger partial charge on any atom is 0.303 e. The number of anilines is 1. The Hall–Kier alpha value is -3.10. The average Bonchev–Trinajstić information content (AvgIpc) is 2.65. The molecule has 0 aliphatic carbocycles. The molecule has 0 saturated heterocycles. The molecular weight excluding hydrogens is 352 g/mol. The van der Waals surface area contributed by atoms with E-state index in [1.54, 1.807) is 24.3 Å². The summed E-state index contributed by atoms with van der Waals surface area (Å²) >= 11 is 0. The fraction of sp³-hybridized carbons (Fsp3) is 0.263. The van der Waals surface area contributed by atoms with Gasteiger partial charge in [0.1, 0.15) is 17.7 Å². The molecule has 0 radical (unpaired) electrons. The first kappa shape index (κ1) is 20.2. The van der Waals surface area contributed by atoms with Crippen LogP contribution < -0.4 is 15.4 Å². The maximum absolute atomic E-state index is 12.5. The highest BCUT2D eigenvalue weighted by Gasteiger charge is 2.17. The predicted octanol–water partition coefficient (Wildman–Crippen LogP) is 2.10. The van der Waals surface area contributed by atoms with Crippen LogP contribution in [0.5, 0.6) is 11.5 Å². The number of aliphatic hydroxyl groups excluding tert-OH is 1. The standard InChI is InChI=1S/C19H22N2O6/c1-27-12-8-9-16(22)14(11-12)19(26)21-15-6-3-2-5-13(15)18(25)20-10-4-7-17(23)24/h2-3,5-6,8-9,11,18,20,22,25H,4,7,10H2,1H3,(H,21,26)(H,23,24). The largest absolute Gasteiger partial charge is 0.507 e. The van der Waals surface area contributed by atoms with Gasteiger partial charge in [-0.15, -0.1) is 0 Å². The molecule has 0 saturated carbocycles. The zero-order valence-corrected chi connectivity index (χ0v) is 14.8.